The molecule has 6 aromatic carbocycles. The standard InChI is InChI=1S/C35H26N2O10S2/c38-32-22(16-24(18-28(32)34(40)41)36-48(44,45)30-13-5-9-20-7-1-3-11-26(20)30)15-23-17-25(19-29(33(23)39)35(42)43)37-49(46,47)31-14-6-10-21-8-2-4-12-27(21)31/h1-14,16-19,36-39H,15H2,(H,40,41)(H,42,43). The van der Waals surface area contributed by atoms with E-state index in [1.165, 1.54) is 12.1 Å². The molecule has 12 nitrogen and oxygen atoms in total. The highest BCUT2D eigenvalue weighted by atomic mass is 32.2. The third-order valence-electron chi connectivity index (χ3n) is 7.80. The van der Waals surface area contributed by atoms with Crippen molar-refractivity contribution < 1.29 is 46.9 Å². The SMILES string of the molecule is O=C(O)c1cc(NS(=O)(=O)c2cccc3ccccc23)cc(Cc2cc(NS(=O)(=O)c3cccc4ccccc34)cc(C(=O)O)c2O)c1O. The van der Waals surface area contributed by atoms with Crippen LogP contribution in [0.25, 0.3) is 21.5 Å². The minimum atomic E-state index is -4.31. The van der Waals surface area contributed by atoms with Crippen LogP contribution in [0.5, 0.6) is 11.5 Å². The molecule has 0 atom stereocenters. The number of phenols is 2. The Morgan fingerprint density at radius 2 is 0.898 bits per heavy atom. The van der Waals surface area contributed by atoms with E-state index in [1.54, 1.807) is 72.8 Å². The molecule has 0 fully saturated rings. The average molecular weight is 699 g/mol. The summed E-state index contributed by atoms with van der Waals surface area (Å²) in [5, 5.41) is 43.6. The predicted octanol–water partition coefficient (Wildman–Crippen LogP) is 5.99. The van der Waals surface area contributed by atoms with Crippen molar-refractivity contribution in [3.63, 3.8) is 0 Å². The molecule has 0 heterocycles. The maximum Gasteiger partial charge on any atom is 0.339 e. The van der Waals surface area contributed by atoms with Gasteiger partial charge in [-0.2, -0.15) is 0 Å². The normalized spacial score (nSPS) is 11.8. The van der Waals surface area contributed by atoms with Crippen molar-refractivity contribution in [2.75, 3.05) is 9.44 Å². The highest BCUT2D eigenvalue weighted by Crippen LogP contribution is 2.36. The minimum Gasteiger partial charge on any atom is -0.507 e. The highest BCUT2D eigenvalue weighted by Gasteiger charge is 2.25. The lowest BCUT2D eigenvalue weighted by Crippen LogP contribution is -2.15. The zero-order valence-electron chi connectivity index (χ0n) is 25.2. The number of hydrogen-bond donors (Lipinski definition) is 6. The third-order valence-corrected chi connectivity index (χ3v) is 10.7. The van der Waals surface area contributed by atoms with Crippen LogP contribution in [-0.4, -0.2) is 49.2 Å². The molecule has 0 saturated heterocycles. The van der Waals surface area contributed by atoms with Crippen molar-refractivity contribution in [2.24, 2.45) is 0 Å². The van der Waals surface area contributed by atoms with Crippen LogP contribution in [0.4, 0.5) is 11.4 Å². The fraction of sp³-hybridized carbons (Fsp3) is 0.0286. The molecule has 248 valence electrons. The topological polar surface area (TPSA) is 207 Å². The highest BCUT2D eigenvalue weighted by molar-refractivity contribution is 7.93. The van der Waals surface area contributed by atoms with E-state index < -0.39 is 61.0 Å². The monoisotopic (exact) mass is 698 g/mol. The number of anilines is 2. The number of sulfonamides is 2. The van der Waals surface area contributed by atoms with Gasteiger partial charge < -0.3 is 20.4 Å². The average Bonchev–Trinajstić information content (AvgIpc) is 3.06. The molecule has 0 saturated carbocycles. The van der Waals surface area contributed by atoms with E-state index in [1.807, 2.05) is 0 Å². The van der Waals surface area contributed by atoms with Crippen LogP contribution in [0.1, 0.15) is 31.8 Å². The molecule has 0 bridgehead atoms. The summed E-state index contributed by atoms with van der Waals surface area (Å²) >= 11 is 0. The van der Waals surface area contributed by atoms with Crippen molar-refractivity contribution >= 4 is 64.9 Å². The van der Waals surface area contributed by atoms with Gasteiger partial charge in [0.25, 0.3) is 20.0 Å². The van der Waals surface area contributed by atoms with E-state index in [-0.39, 0.29) is 32.3 Å². The first-order valence-corrected chi connectivity index (χ1v) is 17.4. The maximum atomic E-state index is 13.5. The molecule has 0 unspecified atom stereocenters. The molecule has 6 rings (SSSR count). The van der Waals surface area contributed by atoms with Crippen LogP contribution < -0.4 is 9.44 Å². The van der Waals surface area contributed by atoms with E-state index in [0.29, 0.717) is 21.5 Å². The lowest BCUT2D eigenvalue weighted by Gasteiger charge is -2.16. The van der Waals surface area contributed by atoms with Gasteiger partial charge in [-0.25, -0.2) is 26.4 Å². The molecular formula is C35H26N2O10S2. The van der Waals surface area contributed by atoms with Crippen molar-refractivity contribution in [3.8, 4) is 11.5 Å². The predicted molar refractivity (Wildman–Crippen MR) is 182 cm³/mol. The molecular weight excluding hydrogens is 673 g/mol. The number of carboxylic acid groups (broad SMARTS) is 2. The number of aromatic carboxylic acids is 2. The van der Waals surface area contributed by atoms with E-state index in [2.05, 4.69) is 9.44 Å². The molecule has 0 aliphatic carbocycles. The molecule has 0 aliphatic heterocycles. The van der Waals surface area contributed by atoms with Gasteiger partial charge in [-0.15, -0.1) is 0 Å². The van der Waals surface area contributed by atoms with Gasteiger partial charge in [0.2, 0.25) is 0 Å². The van der Waals surface area contributed by atoms with Crippen molar-refractivity contribution in [3.05, 3.63) is 131 Å². The lowest BCUT2D eigenvalue weighted by atomic mass is 9.97. The maximum absolute atomic E-state index is 13.5. The Balaban J connectivity index is 1.41. The summed E-state index contributed by atoms with van der Waals surface area (Å²) in [5.74, 6) is -4.76. The Morgan fingerprint density at radius 3 is 1.29 bits per heavy atom. The van der Waals surface area contributed by atoms with E-state index in [4.69, 9.17) is 0 Å². The number of hydrogen-bond acceptors (Lipinski definition) is 8. The second kappa shape index (κ2) is 12.5. The Hall–Kier alpha value is -6.12. The number of nitrogens with one attached hydrogen (secondary N) is 2. The van der Waals surface area contributed by atoms with Crippen LogP contribution in [0.3, 0.4) is 0 Å². The summed E-state index contributed by atoms with van der Waals surface area (Å²) in [6, 6.07) is 26.9. The lowest BCUT2D eigenvalue weighted by molar-refractivity contribution is 0.0682. The van der Waals surface area contributed by atoms with Crippen LogP contribution in [0, 0.1) is 0 Å². The van der Waals surface area contributed by atoms with Gasteiger partial charge in [0.05, 0.1) is 21.2 Å². The summed E-state index contributed by atoms with van der Waals surface area (Å²) in [4.78, 5) is 24.0. The smallest absolute Gasteiger partial charge is 0.339 e. The van der Waals surface area contributed by atoms with E-state index >= 15 is 0 Å². The number of benzene rings is 6. The summed E-state index contributed by atoms with van der Waals surface area (Å²) in [5.41, 5.74) is -2.28. The number of fused-ring (bicyclic) bond motifs is 2. The van der Waals surface area contributed by atoms with Gasteiger partial charge in [0.15, 0.2) is 0 Å². The van der Waals surface area contributed by atoms with Gasteiger partial charge in [0, 0.05) is 28.3 Å². The van der Waals surface area contributed by atoms with Crippen molar-refractivity contribution in [1.82, 2.24) is 0 Å². The third kappa shape index (κ3) is 6.42. The first-order valence-electron chi connectivity index (χ1n) is 14.4. The van der Waals surface area contributed by atoms with Gasteiger partial charge in [0.1, 0.15) is 22.6 Å². The van der Waals surface area contributed by atoms with Crippen LogP contribution >= 0.6 is 0 Å². The van der Waals surface area contributed by atoms with Crippen molar-refractivity contribution in [2.45, 2.75) is 16.2 Å². The van der Waals surface area contributed by atoms with Crippen LogP contribution in [0.15, 0.2) is 119 Å². The van der Waals surface area contributed by atoms with Gasteiger partial charge in [-0.3, -0.25) is 9.44 Å². The molecule has 0 amide bonds. The molecule has 6 aromatic rings. The zero-order valence-corrected chi connectivity index (χ0v) is 26.8. The van der Waals surface area contributed by atoms with Crippen LogP contribution in [0.2, 0.25) is 0 Å². The number of carbonyl (C=O) groups is 2. The number of aromatic hydroxyl groups is 2. The van der Waals surface area contributed by atoms with E-state index in [0.717, 1.165) is 24.3 Å². The fourth-order valence-corrected chi connectivity index (χ4v) is 8.13. The first kappa shape index (κ1) is 32.8. The molecule has 49 heavy (non-hydrogen) atoms. The molecule has 0 radical (unpaired) electrons. The second-order valence-corrected chi connectivity index (χ2v) is 14.3. The van der Waals surface area contributed by atoms with Crippen molar-refractivity contribution in [1.29, 1.82) is 0 Å². The Morgan fingerprint density at radius 1 is 0.531 bits per heavy atom. The molecule has 0 aliphatic rings. The minimum absolute atomic E-state index is 0.0907. The zero-order chi connectivity index (χ0) is 35.1. The molecule has 0 aromatic heterocycles. The Kier molecular flexibility index (Phi) is 8.36. The summed E-state index contributed by atoms with van der Waals surface area (Å²) in [6.07, 6.45) is -0.536. The molecule has 6 N–H and O–H groups in total. The fourth-order valence-electron chi connectivity index (χ4n) is 5.59. The quantitative estimate of drug-likeness (QED) is 0.0921. The van der Waals surface area contributed by atoms with Gasteiger partial charge in [-0.05, 0) is 47.2 Å². The van der Waals surface area contributed by atoms with Gasteiger partial charge >= 0.3 is 11.9 Å². The van der Waals surface area contributed by atoms with Gasteiger partial charge in [-0.1, -0.05) is 72.8 Å². The van der Waals surface area contributed by atoms with E-state index in [9.17, 15) is 46.9 Å². The second-order valence-electron chi connectivity index (χ2n) is 11.0. The summed E-state index contributed by atoms with van der Waals surface area (Å²) in [6.45, 7) is 0. The number of rotatable bonds is 10. The molecule has 14 heteroatoms. The Labute approximate surface area is 279 Å². The summed E-state index contributed by atoms with van der Waals surface area (Å²) in [7, 11) is -8.62. The summed E-state index contributed by atoms with van der Waals surface area (Å²) < 4.78 is 58.7. The Bertz CT molecular complexity index is 2360. The van der Waals surface area contributed by atoms with Crippen LogP contribution in [-0.2, 0) is 26.5 Å². The number of carboxylic acids is 2. The largest absolute Gasteiger partial charge is 0.507 e. The molecule has 0 spiro atoms. The first-order chi connectivity index (χ1) is 23.2.